The van der Waals surface area contributed by atoms with Gasteiger partial charge in [-0.1, -0.05) is 19.1 Å². The van der Waals surface area contributed by atoms with E-state index in [9.17, 15) is 13.5 Å². The minimum Gasteiger partial charge on any atom is -0.396 e. The normalized spacial score (nSPS) is 23.2. The lowest BCUT2D eigenvalue weighted by atomic mass is 10.00. The van der Waals surface area contributed by atoms with Gasteiger partial charge in [0.05, 0.1) is 5.52 Å². The number of hydrogen-bond acceptors (Lipinski definition) is 4. The summed E-state index contributed by atoms with van der Waals surface area (Å²) in [5, 5.41) is 10.2. The summed E-state index contributed by atoms with van der Waals surface area (Å²) in [4.78, 5) is 4.57. The van der Waals surface area contributed by atoms with Crippen molar-refractivity contribution in [2.75, 3.05) is 19.7 Å². The van der Waals surface area contributed by atoms with Crippen LogP contribution in [0.25, 0.3) is 10.9 Å². The first-order valence-electron chi connectivity index (χ1n) is 7.40. The van der Waals surface area contributed by atoms with E-state index in [2.05, 4.69) is 4.98 Å². The third-order valence-corrected chi connectivity index (χ3v) is 6.26. The van der Waals surface area contributed by atoms with Gasteiger partial charge in [0.15, 0.2) is 0 Å². The molecule has 2 heterocycles. The van der Waals surface area contributed by atoms with Crippen LogP contribution < -0.4 is 0 Å². The van der Waals surface area contributed by atoms with Gasteiger partial charge in [-0.15, -0.1) is 0 Å². The summed E-state index contributed by atoms with van der Waals surface area (Å²) in [6, 6.07) is 7.16. The number of rotatable bonds is 3. The monoisotopic (exact) mass is 320 g/mol. The Bertz CT molecular complexity index is 804. The van der Waals surface area contributed by atoms with Gasteiger partial charge in [-0.25, -0.2) is 8.42 Å². The van der Waals surface area contributed by atoms with Crippen molar-refractivity contribution in [2.24, 2.45) is 11.8 Å². The first-order chi connectivity index (χ1) is 10.4. The third-order valence-electron chi connectivity index (χ3n) is 4.40. The Morgan fingerprint density at radius 1 is 1.36 bits per heavy atom. The zero-order chi connectivity index (χ0) is 15.9. The molecule has 5 nitrogen and oxygen atoms in total. The van der Waals surface area contributed by atoms with Crippen LogP contribution in [0.5, 0.6) is 0 Å². The zero-order valence-electron chi connectivity index (χ0n) is 12.7. The lowest BCUT2D eigenvalue weighted by molar-refractivity contribution is 0.210. The molecule has 0 spiro atoms. The highest BCUT2D eigenvalue weighted by atomic mass is 32.2. The number of para-hydroxylation sites is 1. The molecule has 0 radical (unpaired) electrons. The van der Waals surface area contributed by atoms with Gasteiger partial charge < -0.3 is 5.11 Å². The van der Waals surface area contributed by atoms with Gasteiger partial charge in [-0.3, -0.25) is 4.98 Å². The van der Waals surface area contributed by atoms with E-state index in [-0.39, 0.29) is 23.3 Å². The Morgan fingerprint density at radius 2 is 2.14 bits per heavy atom. The average molecular weight is 320 g/mol. The van der Waals surface area contributed by atoms with Crippen molar-refractivity contribution in [3.05, 3.63) is 36.0 Å². The number of fused-ring (bicyclic) bond motifs is 1. The van der Waals surface area contributed by atoms with Crippen molar-refractivity contribution < 1.29 is 13.5 Å². The van der Waals surface area contributed by atoms with E-state index in [1.165, 1.54) is 4.31 Å². The first-order valence-corrected chi connectivity index (χ1v) is 8.84. The lowest BCUT2D eigenvalue weighted by Crippen LogP contribution is -2.29. The van der Waals surface area contributed by atoms with Gasteiger partial charge in [0.2, 0.25) is 10.0 Å². The number of sulfonamides is 1. The van der Waals surface area contributed by atoms with E-state index >= 15 is 0 Å². The quantitative estimate of drug-likeness (QED) is 0.936. The molecule has 0 saturated carbocycles. The molecule has 0 amide bonds. The summed E-state index contributed by atoms with van der Waals surface area (Å²) in [6.07, 6.45) is 1.69. The van der Waals surface area contributed by atoms with Gasteiger partial charge in [0, 0.05) is 31.3 Å². The summed E-state index contributed by atoms with van der Waals surface area (Å²) < 4.78 is 27.4. The fourth-order valence-electron chi connectivity index (χ4n) is 3.01. The van der Waals surface area contributed by atoms with Gasteiger partial charge in [-0.2, -0.15) is 4.31 Å². The number of aliphatic hydroxyl groups excluding tert-OH is 1. The van der Waals surface area contributed by atoms with E-state index in [1.807, 2.05) is 26.0 Å². The maximum Gasteiger partial charge on any atom is 0.245 e. The summed E-state index contributed by atoms with van der Waals surface area (Å²) in [5.74, 6) is 0.157. The van der Waals surface area contributed by atoms with E-state index in [0.717, 1.165) is 10.9 Å². The van der Waals surface area contributed by atoms with Gasteiger partial charge in [0.1, 0.15) is 4.90 Å². The number of aromatic nitrogens is 1. The highest BCUT2D eigenvalue weighted by Crippen LogP contribution is 2.31. The summed E-state index contributed by atoms with van der Waals surface area (Å²) in [6.45, 7) is 4.72. The molecule has 0 aliphatic carbocycles. The van der Waals surface area contributed by atoms with Crippen molar-refractivity contribution in [3.63, 3.8) is 0 Å². The van der Waals surface area contributed by atoms with E-state index in [1.54, 1.807) is 18.3 Å². The molecule has 6 heteroatoms. The molecule has 0 bridgehead atoms. The Balaban J connectivity index is 2.07. The van der Waals surface area contributed by atoms with Crippen LogP contribution in [-0.4, -0.2) is 42.5 Å². The molecule has 1 aromatic heterocycles. The van der Waals surface area contributed by atoms with Crippen LogP contribution in [0.15, 0.2) is 35.4 Å². The highest BCUT2D eigenvalue weighted by Gasteiger charge is 2.37. The van der Waals surface area contributed by atoms with E-state index in [0.29, 0.717) is 18.6 Å². The topological polar surface area (TPSA) is 70.5 Å². The highest BCUT2D eigenvalue weighted by molar-refractivity contribution is 7.89. The number of aryl methyl sites for hydroxylation is 1. The fourth-order valence-corrected chi connectivity index (χ4v) is 4.77. The second-order valence-electron chi connectivity index (χ2n) is 6.08. The predicted octanol–water partition coefficient (Wildman–Crippen LogP) is 1.79. The minimum absolute atomic E-state index is 0.0000416. The molecule has 1 N–H and O–H groups in total. The molecule has 1 aliphatic rings. The first kappa shape index (κ1) is 15.4. The number of nitrogens with zero attached hydrogens (tertiary/aromatic N) is 2. The van der Waals surface area contributed by atoms with Crippen LogP contribution in [0.1, 0.15) is 12.5 Å². The smallest absolute Gasteiger partial charge is 0.245 e. The van der Waals surface area contributed by atoms with Crippen LogP contribution in [0, 0.1) is 18.8 Å². The molecule has 2 aromatic rings. The Labute approximate surface area is 130 Å². The molecule has 1 saturated heterocycles. The lowest BCUT2D eigenvalue weighted by Gasteiger charge is -2.17. The number of pyridine rings is 1. The van der Waals surface area contributed by atoms with Gasteiger partial charge in [0.25, 0.3) is 0 Å². The number of benzene rings is 1. The second kappa shape index (κ2) is 5.61. The van der Waals surface area contributed by atoms with Gasteiger partial charge in [-0.05, 0) is 36.5 Å². The maximum absolute atomic E-state index is 12.9. The molecule has 118 valence electrons. The molecule has 2 atom stereocenters. The SMILES string of the molecule is Cc1cnc2c(S(=O)(=O)N3C[C@@H](CO)[C@H](C)C3)cccc2c1. The minimum atomic E-state index is -3.59. The molecular weight excluding hydrogens is 300 g/mol. The average Bonchev–Trinajstić information content (AvgIpc) is 2.88. The molecule has 0 unspecified atom stereocenters. The van der Waals surface area contributed by atoms with E-state index in [4.69, 9.17) is 0 Å². The van der Waals surface area contributed by atoms with Crippen LogP contribution in [0.3, 0.4) is 0 Å². The summed E-state index contributed by atoms with van der Waals surface area (Å²) in [7, 11) is -3.59. The van der Waals surface area contributed by atoms with Crippen LogP contribution in [-0.2, 0) is 10.0 Å². The number of aliphatic hydroxyl groups is 1. The summed E-state index contributed by atoms with van der Waals surface area (Å²) in [5.41, 5.74) is 1.50. The Kier molecular flexibility index (Phi) is 3.92. The van der Waals surface area contributed by atoms with Gasteiger partial charge >= 0.3 is 0 Å². The van der Waals surface area contributed by atoms with Crippen molar-refractivity contribution in [2.45, 2.75) is 18.7 Å². The van der Waals surface area contributed by atoms with Crippen LogP contribution in [0.2, 0.25) is 0 Å². The molecule has 1 aliphatic heterocycles. The van der Waals surface area contributed by atoms with Crippen molar-refractivity contribution >= 4 is 20.9 Å². The predicted molar refractivity (Wildman–Crippen MR) is 85.0 cm³/mol. The van der Waals surface area contributed by atoms with Crippen molar-refractivity contribution in [1.82, 2.24) is 9.29 Å². The standard InChI is InChI=1S/C16H20N2O3S/c1-11-6-13-4-3-5-15(16(13)17-7-11)22(20,21)18-8-12(2)14(9-18)10-19/h3-7,12,14,19H,8-10H2,1-2H3/t12-,14+/m1/s1. The third kappa shape index (κ3) is 2.51. The second-order valence-corrected chi connectivity index (χ2v) is 7.99. The Morgan fingerprint density at radius 3 is 2.82 bits per heavy atom. The summed E-state index contributed by atoms with van der Waals surface area (Å²) >= 11 is 0. The largest absolute Gasteiger partial charge is 0.396 e. The molecule has 1 aromatic carbocycles. The number of hydrogen-bond donors (Lipinski definition) is 1. The molecule has 1 fully saturated rings. The zero-order valence-corrected chi connectivity index (χ0v) is 13.5. The van der Waals surface area contributed by atoms with Crippen molar-refractivity contribution in [3.8, 4) is 0 Å². The Hall–Kier alpha value is -1.50. The van der Waals surface area contributed by atoms with Crippen molar-refractivity contribution in [1.29, 1.82) is 0 Å². The maximum atomic E-state index is 12.9. The fraction of sp³-hybridized carbons (Fsp3) is 0.438. The van der Waals surface area contributed by atoms with Crippen LogP contribution >= 0.6 is 0 Å². The molecule has 3 rings (SSSR count). The molecule has 22 heavy (non-hydrogen) atoms. The van der Waals surface area contributed by atoms with E-state index < -0.39 is 10.0 Å². The van der Waals surface area contributed by atoms with Crippen LogP contribution in [0.4, 0.5) is 0 Å². The molecular formula is C16H20N2O3S.